The highest BCUT2D eigenvalue weighted by Gasteiger charge is 2.14. The maximum Gasteiger partial charge on any atom is 0.291 e. The van der Waals surface area contributed by atoms with Gasteiger partial charge in [-0.05, 0) is 48.0 Å². The van der Waals surface area contributed by atoms with E-state index in [9.17, 15) is 14.9 Å². The number of nitrogens with zero attached hydrogens (tertiary/aromatic N) is 2. The number of nitrogens with one attached hydrogen (secondary N) is 2. The average molecular weight is 388 g/mol. The van der Waals surface area contributed by atoms with Crippen molar-refractivity contribution in [2.75, 3.05) is 10.6 Å². The Balaban J connectivity index is 1.46. The van der Waals surface area contributed by atoms with Gasteiger partial charge in [-0.15, -0.1) is 0 Å². The number of furan rings is 1. The first-order valence-electron chi connectivity index (χ1n) is 8.81. The molecule has 2 aromatic carbocycles. The van der Waals surface area contributed by atoms with Crippen molar-refractivity contribution in [2.45, 2.75) is 6.54 Å². The molecule has 0 atom stereocenters. The van der Waals surface area contributed by atoms with Gasteiger partial charge in [0.2, 0.25) is 0 Å². The van der Waals surface area contributed by atoms with Crippen molar-refractivity contribution in [3.05, 3.63) is 94.6 Å². The van der Waals surface area contributed by atoms with E-state index in [0.717, 1.165) is 5.56 Å². The van der Waals surface area contributed by atoms with Gasteiger partial charge in [-0.1, -0.05) is 12.1 Å². The van der Waals surface area contributed by atoms with E-state index in [0.29, 0.717) is 28.8 Å². The molecule has 0 spiro atoms. The first kappa shape index (κ1) is 18.2. The van der Waals surface area contributed by atoms with Crippen LogP contribution in [0.1, 0.15) is 16.1 Å². The van der Waals surface area contributed by atoms with E-state index in [1.165, 1.54) is 12.3 Å². The summed E-state index contributed by atoms with van der Waals surface area (Å²) in [4.78, 5) is 27.1. The van der Waals surface area contributed by atoms with E-state index >= 15 is 0 Å². The second-order valence-corrected chi connectivity index (χ2v) is 6.27. The number of hydrogen-bond acceptors (Lipinski definition) is 6. The van der Waals surface area contributed by atoms with Gasteiger partial charge in [-0.25, -0.2) is 0 Å². The lowest BCUT2D eigenvalue weighted by Crippen LogP contribution is -2.10. The van der Waals surface area contributed by atoms with Crippen LogP contribution in [-0.4, -0.2) is 15.8 Å². The smallest absolute Gasteiger partial charge is 0.291 e. The summed E-state index contributed by atoms with van der Waals surface area (Å²) in [7, 11) is 0. The van der Waals surface area contributed by atoms with Crippen molar-refractivity contribution in [1.82, 2.24) is 4.98 Å². The number of fused-ring (bicyclic) bond motifs is 1. The summed E-state index contributed by atoms with van der Waals surface area (Å²) in [6.07, 6.45) is 3.05. The number of non-ortho nitro benzene ring substituents is 1. The third kappa shape index (κ3) is 3.91. The molecule has 0 saturated carbocycles. The summed E-state index contributed by atoms with van der Waals surface area (Å²) in [5, 5.41) is 17.7. The number of hydrogen-bond donors (Lipinski definition) is 2. The van der Waals surface area contributed by atoms with Crippen LogP contribution in [0, 0.1) is 10.1 Å². The minimum absolute atomic E-state index is 0.0234. The number of amides is 1. The summed E-state index contributed by atoms with van der Waals surface area (Å²) >= 11 is 0. The zero-order chi connectivity index (χ0) is 20.2. The van der Waals surface area contributed by atoms with E-state index in [1.54, 1.807) is 48.7 Å². The van der Waals surface area contributed by atoms with E-state index in [4.69, 9.17) is 4.42 Å². The fourth-order valence-electron chi connectivity index (χ4n) is 2.96. The summed E-state index contributed by atoms with van der Waals surface area (Å²) in [5.74, 6) is -0.0717. The van der Waals surface area contributed by atoms with Crippen LogP contribution >= 0.6 is 0 Å². The molecule has 0 aliphatic heterocycles. The molecule has 8 heteroatoms. The van der Waals surface area contributed by atoms with Gasteiger partial charge in [-0.3, -0.25) is 19.9 Å². The maximum absolute atomic E-state index is 12.0. The summed E-state index contributed by atoms with van der Waals surface area (Å²) in [6, 6.07) is 17.1. The zero-order valence-electron chi connectivity index (χ0n) is 15.2. The molecule has 0 unspecified atom stereocenters. The van der Waals surface area contributed by atoms with Crippen LogP contribution in [0.25, 0.3) is 10.9 Å². The number of anilines is 2. The van der Waals surface area contributed by atoms with Crippen molar-refractivity contribution in [2.24, 2.45) is 0 Å². The highest BCUT2D eigenvalue weighted by atomic mass is 16.6. The van der Waals surface area contributed by atoms with E-state index < -0.39 is 4.92 Å². The standard InChI is InChI=1S/C21H16N4O4/c26-21(19-4-2-12-29-19)24-15-7-5-14(6-8-15)13-23-17-9-10-18(25(27)28)16-3-1-11-22-20(16)17/h1-12,23H,13H2,(H,24,26). The largest absolute Gasteiger partial charge is 0.459 e. The Hall–Kier alpha value is -4.20. The predicted molar refractivity (Wildman–Crippen MR) is 109 cm³/mol. The Labute approximate surface area is 165 Å². The molecule has 0 aliphatic rings. The predicted octanol–water partition coefficient (Wildman–Crippen LogP) is 4.60. The topological polar surface area (TPSA) is 110 Å². The maximum atomic E-state index is 12.0. The first-order valence-corrected chi connectivity index (χ1v) is 8.81. The van der Waals surface area contributed by atoms with Gasteiger partial charge in [0.05, 0.1) is 22.3 Å². The van der Waals surface area contributed by atoms with Gasteiger partial charge >= 0.3 is 0 Å². The third-order valence-electron chi connectivity index (χ3n) is 4.38. The van der Waals surface area contributed by atoms with Crippen molar-refractivity contribution in [3.8, 4) is 0 Å². The zero-order valence-corrected chi connectivity index (χ0v) is 15.2. The van der Waals surface area contributed by atoms with Crippen LogP contribution in [0.4, 0.5) is 17.1 Å². The van der Waals surface area contributed by atoms with Crippen LogP contribution in [0.15, 0.2) is 77.5 Å². The number of rotatable bonds is 6. The van der Waals surface area contributed by atoms with Crippen LogP contribution in [0.2, 0.25) is 0 Å². The number of carbonyl (C=O) groups excluding carboxylic acids is 1. The number of aromatic nitrogens is 1. The van der Waals surface area contributed by atoms with Crippen LogP contribution in [-0.2, 0) is 6.54 Å². The SMILES string of the molecule is O=C(Nc1ccc(CNc2ccc([N+](=O)[O-])c3cccnc23)cc1)c1ccco1. The molecule has 2 aromatic heterocycles. The Morgan fingerprint density at radius 3 is 2.62 bits per heavy atom. The number of pyridine rings is 1. The lowest BCUT2D eigenvalue weighted by Gasteiger charge is -2.10. The summed E-state index contributed by atoms with van der Waals surface area (Å²) < 4.78 is 5.07. The second kappa shape index (κ2) is 7.81. The highest BCUT2D eigenvalue weighted by molar-refractivity contribution is 6.02. The molecule has 0 bridgehead atoms. The Kier molecular flexibility index (Phi) is 4.90. The highest BCUT2D eigenvalue weighted by Crippen LogP contribution is 2.30. The minimum atomic E-state index is -0.413. The quantitative estimate of drug-likeness (QED) is 0.369. The van der Waals surface area contributed by atoms with Crippen LogP contribution < -0.4 is 10.6 Å². The molecule has 4 aromatic rings. The third-order valence-corrected chi connectivity index (χ3v) is 4.38. The summed E-state index contributed by atoms with van der Waals surface area (Å²) in [6.45, 7) is 0.496. The molecule has 29 heavy (non-hydrogen) atoms. The number of benzene rings is 2. The lowest BCUT2D eigenvalue weighted by atomic mass is 10.1. The minimum Gasteiger partial charge on any atom is -0.459 e. The van der Waals surface area contributed by atoms with Crippen molar-refractivity contribution in [1.29, 1.82) is 0 Å². The number of carbonyl (C=O) groups is 1. The average Bonchev–Trinajstić information content (AvgIpc) is 3.28. The lowest BCUT2D eigenvalue weighted by molar-refractivity contribution is -0.383. The molecular weight excluding hydrogens is 372 g/mol. The molecule has 0 saturated heterocycles. The summed E-state index contributed by atoms with van der Waals surface area (Å²) in [5.41, 5.74) is 2.90. The molecule has 144 valence electrons. The molecule has 2 heterocycles. The van der Waals surface area contributed by atoms with Crippen LogP contribution in [0.3, 0.4) is 0 Å². The van der Waals surface area contributed by atoms with E-state index in [-0.39, 0.29) is 17.4 Å². The van der Waals surface area contributed by atoms with Gasteiger partial charge in [0.15, 0.2) is 5.76 Å². The van der Waals surface area contributed by atoms with Gasteiger partial charge in [0.25, 0.3) is 11.6 Å². The van der Waals surface area contributed by atoms with Gasteiger partial charge in [-0.2, -0.15) is 0 Å². The monoisotopic (exact) mass is 388 g/mol. The first-order chi connectivity index (χ1) is 14.1. The number of nitro benzene ring substituents is 1. The normalized spacial score (nSPS) is 10.6. The molecule has 0 fully saturated rings. The molecule has 2 N–H and O–H groups in total. The van der Waals surface area contributed by atoms with Gasteiger partial charge in [0, 0.05) is 24.5 Å². The van der Waals surface area contributed by atoms with Gasteiger partial charge in [0.1, 0.15) is 5.52 Å². The Bertz CT molecular complexity index is 1170. The fourth-order valence-corrected chi connectivity index (χ4v) is 2.96. The fraction of sp³-hybridized carbons (Fsp3) is 0.0476. The van der Waals surface area contributed by atoms with Gasteiger partial charge < -0.3 is 15.1 Å². The Morgan fingerprint density at radius 1 is 1.07 bits per heavy atom. The Morgan fingerprint density at radius 2 is 1.90 bits per heavy atom. The van der Waals surface area contributed by atoms with E-state index in [2.05, 4.69) is 15.6 Å². The molecule has 1 amide bonds. The molecule has 0 radical (unpaired) electrons. The molecule has 0 aliphatic carbocycles. The number of nitro groups is 1. The molecular formula is C21H16N4O4. The molecule has 4 rings (SSSR count). The van der Waals surface area contributed by atoms with E-state index in [1.807, 2.05) is 12.1 Å². The molecule has 8 nitrogen and oxygen atoms in total. The van der Waals surface area contributed by atoms with Crippen molar-refractivity contribution in [3.63, 3.8) is 0 Å². The second-order valence-electron chi connectivity index (χ2n) is 6.27. The van der Waals surface area contributed by atoms with Crippen molar-refractivity contribution >= 4 is 33.9 Å². The van der Waals surface area contributed by atoms with Crippen LogP contribution in [0.5, 0.6) is 0 Å². The van der Waals surface area contributed by atoms with Crippen molar-refractivity contribution < 1.29 is 14.1 Å².